The number of para-hydroxylation sites is 1. The highest BCUT2D eigenvalue weighted by Crippen LogP contribution is 2.26. The number of fused-ring (bicyclic) bond motifs is 1. The molecule has 0 saturated carbocycles. The van der Waals surface area contributed by atoms with Gasteiger partial charge in [0.25, 0.3) is 10.0 Å². The summed E-state index contributed by atoms with van der Waals surface area (Å²) in [5.74, 6) is 0.0160. The van der Waals surface area contributed by atoms with Crippen molar-refractivity contribution in [2.24, 2.45) is 0 Å². The summed E-state index contributed by atoms with van der Waals surface area (Å²) in [7, 11) is -3.48. The van der Waals surface area contributed by atoms with E-state index in [0.717, 1.165) is 32.6 Å². The first-order valence-electron chi connectivity index (χ1n) is 9.96. The second-order valence-corrected chi connectivity index (χ2v) is 11.1. The summed E-state index contributed by atoms with van der Waals surface area (Å²) in [6.07, 6.45) is 0.284. The second kappa shape index (κ2) is 8.09. The molecule has 30 heavy (non-hydrogen) atoms. The van der Waals surface area contributed by atoms with Crippen molar-refractivity contribution in [2.75, 3.05) is 26.2 Å². The molecule has 0 aliphatic carbocycles. The minimum atomic E-state index is -3.48. The van der Waals surface area contributed by atoms with Gasteiger partial charge in [-0.05, 0) is 50.1 Å². The number of thiophene rings is 1. The molecule has 3 aromatic rings. The lowest BCUT2D eigenvalue weighted by Crippen LogP contribution is -2.50. The molecule has 1 aromatic carbocycles. The van der Waals surface area contributed by atoms with Gasteiger partial charge in [0, 0.05) is 42.1 Å². The smallest absolute Gasteiger partial charge is 0.252 e. The van der Waals surface area contributed by atoms with Crippen molar-refractivity contribution in [3.8, 4) is 0 Å². The Bertz CT molecular complexity index is 1210. The number of carbonyl (C=O) groups excluding carboxylic acids is 1. The van der Waals surface area contributed by atoms with Crippen LogP contribution in [-0.2, 0) is 21.2 Å². The molecule has 158 valence electrons. The number of pyridine rings is 1. The van der Waals surface area contributed by atoms with Crippen molar-refractivity contribution >= 4 is 38.2 Å². The molecular formula is C22H25N3O3S2. The van der Waals surface area contributed by atoms with Crippen molar-refractivity contribution in [1.82, 2.24) is 14.2 Å². The van der Waals surface area contributed by atoms with E-state index in [4.69, 9.17) is 0 Å². The molecule has 0 atom stereocenters. The summed E-state index contributed by atoms with van der Waals surface area (Å²) in [6.45, 7) is 7.32. The fourth-order valence-electron chi connectivity index (χ4n) is 3.95. The van der Waals surface area contributed by atoms with Gasteiger partial charge in [0.2, 0.25) is 5.91 Å². The number of hydrogen-bond acceptors (Lipinski definition) is 5. The molecule has 6 nitrogen and oxygen atoms in total. The Morgan fingerprint density at radius 1 is 1.03 bits per heavy atom. The van der Waals surface area contributed by atoms with Gasteiger partial charge in [0.1, 0.15) is 4.21 Å². The van der Waals surface area contributed by atoms with Gasteiger partial charge in [-0.2, -0.15) is 4.31 Å². The van der Waals surface area contributed by atoms with Crippen molar-refractivity contribution in [1.29, 1.82) is 0 Å². The predicted octanol–water partition coefficient (Wildman–Crippen LogP) is 3.30. The molecule has 1 aliphatic rings. The Kier molecular flexibility index (Phi) is 5.65. The summed E-state index contributed by atoms with van der Waals surface area (Å²) < 4.78 is 27.5. The highest BCUT2D eigenvalue weighted by atomic mass is 32.2. The first-order chi connectivity index (χ1) is 14.3. The van der Waals surface area contributed by atoms with Crippen LogP contribution in [-0.4, -0.2) is 54.7 Å². The first-order valence-corrected chi connectivity index (χ1v) is 12.2. The topological polar surface area (TPSA) is 70.6 Å². The number of nitrogens with zero attached hydrogens (tertiary/aromatic N) is 3. The normalized spacial score (nSPS) is 15.6. The molecule has 4 rings (SSSR count). The molecular weight excluding hydrogens is 418 g/mol. The monoisotopic (exact) mass is 443 g/mol. The molecule has 1 fully saturated rings. The van der Waals surface area contributed by atoms with Gasteiger partial charge >= 0.3 is 0 Å². The molecule has 8 heteroatoms. The Balaban J connectivity index is 1.46. The van der Waals surface area contributed by atoms with E-state index >= 15 is 0 Å². The Labute approximate surface area is 181 Å². The van der Waals surface area contributed by atoms with E-state index in [1.165, 1.54) is 15.6 Å². The molecule has 0 spiro atoms. The van der Waals surface area contributed by atoms with Crippen LogP contribution in [0.3, 0.4) is 0 Å². The van der Waals surface area contributed by atoms with Gasteiger partial charge in [-0.3, -0.25) is 9.78 Å². The maximum Gasteiger partial charge on any atom is 0.252 e. The van der Waals surface area contributed by atoms with Gasteiger partial charge < -0.3 is 4.90 Å². The zero-order valence-electron chi connectivity index (χ0n) is 17.4. The standard InChI is InChI=1S/C22H25N3O3S2/c1-15-8-9-22(29-15)30(27,28)25-12-10-24(11-13-25)21(26)14-19-16(2)18-6-4-5-7-20(18)23-17(19)3/h4-9H,10-14H2,1-3H3. The van der Waals surface area contributed by atoms with E-state index in [2.05, 4.69) is 4.98 Å². The molecule has 1 amide bonds. The fourth-order valence-corrected chi connectivity index (χ4v) is 6.81. The molecule has 0 bridgehead atoms. The third-order valence-corrected chi connectivity index (χ3v) is 9.08. The van der Waals surface area contributed by atoms with Crippen LogP contribution >= 0.6 is 11.3 Å². The van der Waals surface area contributed by atoms with Crippen molar-refractivity contribution in [2.45, 2.75) is 31.4 Å². The van der Waals surface area contributed by atoms with Crippen molar-refractivity contribution in [3.05, 3.63) is 58.1 Å². The maximum absolute atomic E-state index is 13.0. The van der Waals surface area contributed by atoms with E-state index in [1.54, 1.807) is 11.0 Å². The van der Waals surface area contributed by atoms with Gasteiger partial charge in [-0.1, -0.05) is 18.2 Å². The van der Waals surface area contributed by atoms with Crippen molar-refractivity contribution < 1.29 is 13.2 Å². The molecule has 0 unspecified atom stereocenters. The van der Waals surface area contributed by atoms with E-state index in [0.29, 0.717) is 30.4 Å². The van der Waals surface area contributed by atoms with Crippen molar-refractivity contribution in [3.63, 3.8) is 0 Å². The summed E-state index contributed by atoms with van der Waals surface area (Å²) in [4.78, 5) is 20.4. The number of sulfonamides is 1. The number of piperazine rings is 1. The van der Waals surface area contributed by atoms with Crippen LogP contribution in [0.15, 0.2) is 40.6 Å². The van der Waals surface area contributed by atoms with Crippen LogP contribution in [0.25, 0.3) is 10.9 Å². The van der Waals surface area contributed by atoms with Gasteiger partial charge in [-0.15, -0.1) is 11.3 Å². The maximum atomic E-state index is 13.0. The molecule has 3 heterocycles. The SMILES string of the molecule is Cc1ccc(S(=O)(=O)N2CCN(C(=O)Cc3c(C)nc4ccccc4c3C)CC2)s1. The second-order valence-electron chi connectivity index (χ2n) is 7.64. The zero-order valence-corrected chi connectivity index (χ0v) is 19.0. The number of aromatic nitrogens is 1. The predicted molar refractivity (Wildman–Crippen MR) is 119 cm³/mol. The van der Waals surface area contributed by atoms with Crippen LogP contribution in [0.1, 0.15) is 21.7 Å². The Hall–Kier alpha value is -2.29. The molecule has 1 saturated heterocycles. The summed E-state index contributed by atoms with van der Waals surface area (Å²) in [5.41, 5.74) is 3.85. The van der Waals surface area contributed by atoms with Crippen LogP contribution in [0.4, 0.5) is 0 Å². The van der Waals surface area contributed by atoms with Crippen LogP contribution in [0.2, 0.25) is 0 Å². The number of hydrogen-bond donors (Lipinski definition) is 0. The van der Waals surface area contributed by atoms with E-state index in [9.17, 15) is 13.2 Å². The van der Waals surface area contributed by atoms with E-state index in [-0.39, 0.29) is 12.3 Å². The first kappa shape index (κ1) is 21.0. The molecule has 2 aromatic heterocycles. The van der Waals surface area contributed by atoms with Gasteiger partial charge in [-0.25, -0.2) is 8.42 Å². The number of benzene rings is 1. The van der Waals surface area contributed by atoms with E-state index < -0.39 is 10.0 Å². The van der Waals surface area contributed by atoms with Crippen LogP contribution in [0, 0.1) is 20.8 Å². The quantitative estimate of drug-likeness (QED) is 0.620. The minimum absolute atomic E-state index is 0.0160. The summed E-state index contributed by atoms with van der Waals surface area (Å²) in [6, 6.07) is 11.4. The lowest BCUT2D eigenvalue weighted by Gasteiger charge is -2.34. The third-order valence-electron chi connectivity index (χ3n) is 5.71. The highest BCUT2D eigenvalue weighted by molar-refractivity contribution is 7.91. The average molecular weight is 444 g/mol. The number of carbonyl (C=O) groups is 1. The lowest BCUT2D eigenvalue weighted by molar-refractivity contribution is -0.131. The fraction of sp³-hybridized carbons (Fsp3) is 0.364. The average Bonchev–Trinajstić information content (AvgIpc) is 3.18. The Morgan fingerprint density at radius 3 is 2.40 bits per heavy atom. The lowest BCUT2D eigenvalue weighted by atomic mass is 9.99. The zero-order chi connectivity index (χ0) is 21.5. The van der Waals surface area contributed by atoms with Crippen LogP contribution in [0.5, 0.6) is 0 Å². The molecule has 0 N–H and O–H groups in total. The molecule has 1 aliphatic heterocycles. The summed E-state index contributed by atoms with van der Waals surface area (Å²) >= 11 is 1.28. The third kappa shape index (κ3) is 3.87. The minimum Gasteiger partial charge on any atom is -0.340 e. The summed E-state index contributed by atoms with van der Waals surface area (Å²) in [5, 5.41) is 1.06. The van der Waals surface area contributed by atoms with E-state index in [1.807, 2.05) is 51.1 Å². The largest absolute Gasteiger partial charge is 0.340 e. The molecule has 0 radical (unpaired) electrons. The van der Waals surface area contributed by atoms with Crippen LogP contribution < -0.4 is 0 Å². The highest BCUT2D eigenvalue weighted by Gasteiger charge is 2.31. The van der Waals surface area contributed by atoms with Gasteiger partial charge in [0.05, 0.1) is 11.9 Å². The Morgan fingerprint density at radius 2 is 1.73 bits per heavy atom. The number of amides is 1. The van der Waals surface area contributed by atoms with Gasteiger partial charge in [0.15, 0.2) is 0 Å². The number of aryl methyl sites for hydroxylation is 3. The number of rotatable bonds is 4.